The lowest BCUT2D eigenvalue weighted by molar-refractivity contribution is 0.355. The van der Waals surface area contributed by atoms with Crippen LogP contribution in [-0.4, -0.2) is 26.3 Å². The number of benzene rings is 2. The van der Waals surface area contributed by atoms with Gasteiger partial charge in [-0.25, -0.2) is 0 Å². The summed E-state index contributed by atoms with van der Waals surface area (Å²) < 4.78 is 16.0. The molecule has 0 aliphatic rings. The zero-order valence-electron chi connectivity index (χ0n) is 12.3. The number of H-pyrrole nitrogens is 1. The Morgan fingerprint density at radius 2 is 1.52 bits per heavy atom. The molecular weight excluding hydrogens is 266 g/mol. The van der Waals surface area contributed by atoms with Crippen LogP contribution in [0.3, 0.4) is 0 Å². The van der Waals surface area contributed by atoms with Gasteiger partial charge in [0, 0.05) is 16.6 Å². The molecule has 4 heteroatoms. The Bertz CT molecular complexity index is 777. The lowest BCUT2D eigenvalue weighted by Crippen LogP contribution is -1.90. The van der Waals surface area contributed by atoms with Crippen molar-refractivity contribution in [3.63, 3.8) is 0 Å². The molecule has 0 spiro atoms. The monoisotopic (exact) mass is 283 g/mol. The molecule has 108 valence electrons. The Morgan fingerprint density at radius 3 is 2.24 bits per heavy atom. The molecule has 0 radical (unpaired) electrons. The minimum Gasteiger partial charge on any atom is -0.495 e. The molecule has 0 fully saturated rings. The van der Waals surface area contributed by atoms with Crippen molar-refractivity contribution < 1.29 is 14.2 Å². The minimum atomic E-state index is 0.709. The highest BCUT2D eigenvalue weighted by Crippen LogP contribution is 2.34. The van der Waals surface area contributed by atoms with E-state index < -0.39 is 0 Å². The van der Waals surface area contributed by atoms with E-state index in [0.717, 1.165) is 33.7 Å². The van der Waals surface area contributed by atoms with E-state index in [9.17, 15) is 0 Å². The normalized spacial score (nSPS) is 10.6. The van der Waals surface area contributed by atoms with Crippen molar-refractivity contribution in [2.45, 2.75) is 0 Å². The van der Waals surface area contributed by atoms with Crippen LogP contribution >= 0.6 is 0 Å². The quantitative estimate of drug-likeness (QED) is 0.790. The first-order valence-electron chi connectivity index (χ1n) is 6.65. The molecule has 0 aliphatic heterocycles. The summed E-state index contributed by atoms with van der Waals surface area (Å²) in [5.41, 5.74) is 3.03. The Hall–Kier alpha value is -2.62. The van der Waals surface area contributed by atoms with Gasteiger partial charge in [-0.3, -0.25) is 0 Å². The number of fused-ring (bicyclic) bond motifs is 1. The van der Waals surface area contributed by atoms with Crippen molar-refractivity contribution >= 4 is 10.9 Å². The summed E-state index contributed by atoms with van der Waals surface area (Å²) in [6, 6.07) is 13.9. The largest absolute Gasteiger partial charge is 0.495 e. The maximum atomic E-state index is 5.38. The van der Waals surface area contributed by atoms with E-state index in [0.29, 0.717) is 5.75 Å². The van der Waals surface area contributed by atoms with E-state index in [1.807, 2.05) is 30.3 Å². The van der Waals surface area contributed by atoms with E-state index in [1.165, 1.54) is 0 Å². The average molecular weight is 283 g/mol. The number of nitrogens with one attached hydrogen (secondary N) is 1. The molecule has 1 N–H and O–H groups in total. The molecule has 21 heavy (non-hydrogen) atoms. The van der Waals surface area contributed by atoms with Gasteiger partial charge in [0.2, 0.25) is 0 Å². The van der Waals surface area contributed by atoms with Crippen LogP contribution in [0.2, 0.25) is 0 Å². The highest BCUT2D eigenvalue weighted by atomic mass is 16.5. The molecule has 0 aliphatic carbocycles. The Kier molecular flexibility index (Phi) is 3.44. The molecule has 3 rings (SSSR count). The van der Waals surface area contributed by atoms with E-state index in [4.69, 9.17) is 14.2 Å². The number of hydrogen-bond acceptors (Lipinski definition) is 3. The molecular formula is C17H17NO3. The molecule has 0 atom stereocenters. The molecule has 0 saturated heterocycles. The van der Waals surface area contributed by atoms with Crippen molar-refractivity contribution in [1.82, 2.24) is 4.98 Å². The first-order chi connectivity index (χ1) is 10.3. The number of hydrogen-bond donors (Lipinski definition) is 1. The van der Waals surface area contributed by atoms with Crippen LogP contribution in [0.1, 0.15) is 0 Å². The number of aromatic nitrogens is 1. The third kappa shape index (κ3) is 2.29. The fraction of sp³-hybridized carbons (Fsp3) is 0.176. The number of rotatable bonds is 4. The fourth-order valence-electron chi connectivity index (χ4n) is 2.46. The summed E-state index contributed by atoms with van der Waals surface area (Å²) >= 11 is 0. The van der Waals surface area contributed by atoms with E-state index in [-0.39, 0.29) is 0 Å². The summed E-state index contributed by atoms with van der Waals surface area (Å²) in [5, 5.41) is 1.11. The first kappa shape index (κ1) is 13.4. The van der Waals surface area contributed by atoms with E-state index in [2.05, 4.69) is 17.1 Å². The van der Waals surface area contributed by atoms with Gasteiger partial charge in [-0.1, -0.05) is 12.1 Å². The summed E-state index contributed by atoms with van der Waals surface area (Å²) in [7, 11) is 4.94. The fourth-order valence-corrected chi connectivity index (χ4v) is 2.46. The number of para-hydroxylation sites is 1. The Labute approximate surface area is 123 Å². The van der Waals surface area contributed by atoms with Crippen LogP contribution in [0.4, 0.5) is 0 Å². The third-order valence-corrected chi connectivity index (χ3v) is 3.53. The van der Waals surface area contributed by atoms with Crippen molar-refractivity contribution in [3.05, 3.63) is 42.5 Å². The van der Waals surface area contributed by atoms with Gasteiger partial charge in [0.15, 0.2) is 11.5 Å². The molecule has 0 saturated carbocycles. The van der Waals surface area contributed by atoms with E-state index in [1.54, 1.807) is 21.3 Å². The second-order valence-corrected chi connectivity index (χ2v) is 4.68. The van der Waals surface area contributed by atoms with Crippen molar-refractivity contribution in [2.24, 2.45) is 0 Å². The van der Waals surface area contributed by atoms with Gasteiger partial charge in [0.25, 0.3) is 0 Å². The summed E-state index contributed by atoms with van der Waals surface area (Å²) in [5.74, 6) is 2.26. The van der Waals surface area contributed by atoms with Gasteiger partial charge in [-0.2, -0.15) is 0 Å². The predicted octanol–water partition coefficient (Wildman–Crippen LogP) is 3.86. The zero-order chi connectivity index (χ0) is 14.8. The van der Waals surface area contributed by atoms with Crippen molar-refractivity contribution in [2.75, 3.05) is 21.3 Å². The third-order valence-electron chi connectivity index (χ3n) is 3.53. The van der Waals surface area contributed by atoms with Gasteiger partial charge in [-0.15, -0.1) is 0 Å². The molecule has 0 unspecified atom stereocenters. The van der Waals surface area contributed by atoms with Crippen LogP contribution in [-0.2, 0) is 0 Å². The predicted molar refractivity (Wildman–Crippen MR) is 83.4 cm³/mol. The molecule has 1 aromatic heterocycles. The van der Waals surface area contributed by atoms with Gasteiger partial charge < -0.3 is 19.2 Å². The lowest BCUT2D eigenvalue weighted by atomic mass is 10.1. The second-order valence-electron chi connectivity index (χ2n) is 4.68. The average Bonchev–Trinajstić information content (AvgIpc) is 2.98. The van der Waals surface area contributed by atoms with Crippen LogP contribution in [0, 0.1) is 0 Å². The van der Waals surface area contributed by atoms with Crippen LogP contribution in [0.15, 0.2) is 42.5 Å². The molecule has 2 aromatic carbocycles. The molecule has 0 amide bonds. The van der Waals surface area contributed by atoms with Crippen LogP contribution in [0.25, 0.3) is 22.2 Å². The molecule has 3 aromatic rings. The van der Waals surface area contributed by atoms with Crippen LogP contribution in [0.5, 0.6) is 17.2 Å². The Balaban J connectivity index is 2.12. The molecule has 4 nitrogen and oxygen atoms in total. The van der Waals surface area contributed by atoms with Gasteiger partial charge in [0.1, 0.15) is 5.75 Å². The van der Waals surface area contributed by atoms with Crippen LogP contribution < -0.4 is 14.2 Å². The smallest absolute Gasteiger partial charge is 0.161 e. The maximum absolute atomic E-state index is 5.38. The SMILES string of the molecule is COc1ccc(-c2cc3cccc(OC)c3[nH]2)cc1OC. The summed E-state index contributed by atoms with van der Waals surface area (Å²) in [6.07, 6.45) is 0. The highest BCUT2D eigenvalue weighted by Gasteiger charge is 2.10. The minimum absolute atomic E-state index is 0.709. The summed E-state index contributed by atoms with van der Waals surface area (Å²) in [6.45, 7) is 0. The molecule has 1 heterocycles. The van der Waals surface area contributed by atoms with Crippen molar-refractivity contribution in [3.8, 4) is 28.5 Å². The number of ether oxygens (including phenoxy) is 3. The first-order valence-corrected chi connectivity index (χ1v) is 6.65. The Morgan fingerprint density at radius 1 is 0.762 bits per heavy atom. The topological polar surface area (TPSA) is 43.5 Å². The lowest BCUT2D eigenvalue weighted by Gasteiger charge is -2.08. The standard InChI is InChI=1S/C17H17NO3/c1-19-14-8-7-11(10-16(14)21-3)13-9-12-5-4-6-15(20-2)17(12)18-13/h4-10,18H,1-3H3. The maximum Gasteiger partial charge on any atom is 0.161 e. The van der Waals surface area contributed by atoms with Gasteiger partial charge >= 0.3 is 0 Å². The van der Waals surface area contributed by atoms with Gasteiger partial charge in [0.05, 0.1) is 26.8 Å². The van der Waals surface area contributed by atoms with E-state index >= 15 is 0 Å². The number of methoxy groups -OCH3 is 3. The number of aromatic amines is 1. The zero-order valence-corrected chi connectivity index (χ0v) is 12.3. The van der Waals surface area contributed by atoms with Gasteiger partial charge in [-0.05, 0) is 30.3 Å². The summed E-state index contributed by atoms with van der Waals surface area (Å²) in [4.78, 5) is 3.40. The van der Waals surface area contributed by atoms with Crippen molar-refractivity contribution in [1.29, 1.82) is 0 Å². The second kappa shape index (κ2) is 5.40. The highest BCUT2D eigenvalue weighted by molar-refractivity contribution is 5.90. The molecule has 0 bridgehead atoms.